The number of hydrogen-bond acceptors (Lipinski definition) is 9. The Labute approximate surface area is 307 Å². The Bertz CT molecular complexity index is 2980. The van der Waals surface area contributed by atoms with E-state index in [0.717, 1.165) is 46.3 Å². The van der Waals surface area contributed by atoms with Crippen molar-refractivity contribution in [2.45, 2.75) is 16.2 Å². The van der Waals surface area contributed by atoms with Crippen LogP contribution in [-0.2, 0) is 20.0 Å². The minimum atomic E-state index is -4.37. The Morgan fingerprint density at radius 1 is 0.778 bits per heavy atom. The van der Waals surface area contributed by atoms with Gasteiger partial charge in [-0.05, 0) is 23.6 Å². The molecule has 8 rings (SSSR count). The molecule has 0 aliphatic heterocycles. The number of benzene rings is 5. The largest absolute Gasteiger partial charge is 0.476 e. The molecule has 3 aromatic heterocycles. The van der Waals surface area contributed by atoms with E-state index in [1.54, 1.807) is 24.3 Å². The van der Waals surface area contributed by atoms with Gasteiger partial charge in [-0.1, -0.05) is 54.6 Å². The number of sulfonamides is 2. The molecule has 0 aliphatic rings. The van der Waals surface area contributed by atoms with Gasteiger partial charge in [-0.15, -0.1) is 0 Å². The highest BCUT2D eigenvalue weighted by Gasteiger charge is 2.24. The third-order valence-corrected chi connectivity index (χ3v) is 11.5. The summed E-state index contributed by atoms with van der Waals surface area (Å²) in [4.78, 5) is 5.55. The molecule has 0 saturated carbocycles. The van der Waals surface area contributed by atoms with E-state index in [2.05, 4.69) is 23.4 Å². The summed E-state index contributed by atoms with van der Waals surface area (Å²) < 4.78 is 122. The number of H-pyrrole nitrogens is 2. The van der Waals surface area contributed by atoms with E-state index in [9.17, 15) is 34.4 Å². The van der Waals surface area contributed by atoms with Crippen LogP contribution in [0, 0.1) is 23.0 Å². The average molecular weight is 794 g/mol. The van der Waals surface area contributed by atoms with Crippen LogP contribution in [0.15, 0.2) is 107 Å². The molecule has 274 valence electrons. The molecule has 54 heavy (non-hydrogen) atoms. The van der Waals surface area contributed by atoms with Gasteiger partial charge in [0, 0.05) is 51.8 Å². The van der Waals surface area contributed by atoms with E-state index < -0.39 is 56.2 Å². The number of nitriles is 1. The highest BCUT2D eigenvalue weighted by atomic mass is 32.2. The Balaban J connectivity index is 0.000000167. The van der Waals surface area contributed by atoms with Gasteiger partial charge >= 0.3 is 0 Å². The van der Waals surface area contributed by atoms with Crippen molar-refractivity contribution >= 4 is 86.8 Å². The van der Waals surface area contributed by atoms with E-state index in [4.69, 9.17) is 10.00 Å². The van der Waals surface area contributed by atoms with Crippen LogP contribution in [0.3, 0.4) is 0 Å². The van der Waals surface area contributed by atoms with Crippen LogP contribution in [-0.4, -0.2) is 42.2 Å². The van der Waals surface area contributed by atoms with Crippen LogP contribution in [0.5, 0.6) is 5.75 Å². The summed E-state index contributed by atoms with van der Waals surface area (Å²) in [6, 6.07) is 23.0. The first kappa shape index (κ1) is 36.1. The van der Waals surface area contributed by atoms with Crippen LogP contribution in [0.4, 0.5) is 28.9 Å². The number of fused-ring (bicyclic) bond motifs is 5. The molecule has 3 heterocycles. The molecule has 0 bridgehead atoms. The van der Waals surface area contributed by atoms with Gasteiger partial charge in [0.05, 0.1) is 28.6 Å². The third-order valence-electron chi connectivity index (χ3n) is 8.13. The number of ether oxygens (including phenoxy) is 1. The van der Waals surface area contributed by atoms with Crippen molar-refractivity contribution in [2.24, 2.45) is 0 Å². The summed E-state index contributed by atoms with van der Waals surface area (Å²) in [5.74, 6) is -2.75. The third kappa shape index (κ3) is 6.96. The van der Waals surface area contributed by atoms with E-state index in [-0.39, 0.29) is 26.3 Å². The lowest BCUT2D eigenvalue weighted by Gasteiger charge is -2.11. The van der Waals surface area contributed by atoms with Crippen LogP contribution >= 0.6 is 11.7 Å². The van der Waals surface area contributed by atoms with Gasteiger partial charge in [-0.25, -0.2) is 34.4 Å². The van der Waals surface area contributed by atoms with Crippen LogP contribution in [0.2, 0.25) is 0 Å². The zero-order valence-electron chi connectivity index (χ0n) is 27.1. The zero-order chi connectivity index (χ0) is 38.2. The number of aromatic nitrogens is 4. The van der Waals surface area contributed by atoms with Gasteiger partial charge in [0.1, 0.15) is 26.9 Å². The average Bonchev–Trinajstić information content (AvgIpc) is 3.92. The molecular formula is C35H23F4N7O5S3. The van der Waals surface area contributed by atoms with Crippen molar-refractivity contribution in [1.29, 1.82) is 5.26 Å². The molecule has 0 amide bonds. The number of anilines is 2. The second-order valence-electron chi connectivity index (χ2n) is 11.5. The lowest BCUT2D eigenvalue weighted by Crippen LogP contribution is -2.14. The number of rotatable bonds is 9. The number of alkyl halides is 2. The summed E-state index contributed by atoms with van der Waals surface area (Å²) in [6.07, 6.45) is -0.149. The molecule has 12 nitrogen and oxygen atoms in total. The predicted octanol–water partition coefficient (Wildman–Crippen LogP) is 8.21. The zero-order valence-corrected chi connectivity index (χ0v) is 29.6. The van der Waals surface area contributed by atoms with E-state index in [1.807, 2.05) is 41.1 Å². The molecule has 0 spiro atoms. The lowest BCUT2D eigenvalue weighted by molar-refractivity contribution is 0.151. The molecule has 5 aromatic carbocycles. The van der Waals surface area contributed by atoms with Crippen molar-refractivity contribution in [1.82, 2.24) is 18.7 Å². The maximum atomic E-state index is 14.1. The van der Waals surface area contributed by atoms with Crippen molar-refractivity contribution in [2.75, 3.05) is 16.1 Å². The van der Waals surface area contributed by atoms with Crippen molar-refractivity contribution in [3.05, 3.63) is 115 Å². The fourth-order valence-electron chi connectivity index (χ4n) is 5.66. The van der Waals surface area contributed by atoms with E-state index in [0.29, 0.717) is 34.2 Å². The van der Waals surface area contributed by atoms with E-state index in [1.165, 1.54) is 12.3 Å². The number of halogens is 4. The van der Waals surface area contributed by atoms with Crippen molar-refractivity contribution in [3.8, 4) is 11.8 Å². The van der Waals surface area contributed by atoms with Crippen molar-refractivity contribution in [3.63, 3.8) is 0 Å². The number of nitrogens with one attached hydrogen (secondary N) is 4. The Kier molecular flexibility index (Phi) is 9.57. The van der Waals surface area contributed by atoms with E-state index >= 15 is 0 Å². The number of aromatic amines is 2. The fourth-order valence-corrected chi connectivity index (χ4v) is 8.69. The highest BCUT2D eigenvalue weighted by Crippen LogP contribution is 2.33. The molecule has 19 heteroatoms. The fraction of sp³-hybridized carbons (Fsp3) is 0.0571. The van der Waals surface area contributed by atoms with Gasteiger partial charge in [0.15, 0.2) is 24.0 Å². The SMILES string of the molecule is N#CCOc1cc(F)c(NS(=O)(=O)c2c[nH]c3cc(C(F)F)ccc23)cc1F.O=S(=O)(Nc1cccc2nsnc12)c1c[nH]c2c1ccc1ccccc12. The minimum Gasteiger partial charge on any atom is -0.476 e. The molecule has 8 aromatic rings. The summed E-state index contributed by atoms with van der Waals surface area (Å²) in [5.41, 5.74) is 1.60. The number of hydrogen-bond donors (Lipinski definition) is 4. The highest BCUT2D eigenvalue weighted by molar-refractivity contribution is 7.93. The molecule has 0 atom stereocenters. The Morgan fingerprint density at radius 2 is 1.50 bits per heavy atom. The van der Waals surface area contributed by atoms with Crippen LogP contribution < -0.4 is 14.2 Å². The molecule has 0 unspecified atom stereocenters. The molecule has 0 saturated heterocycles. The number of nitrogens with zero attached hydrogens (tertiary/aromatic N) is 3. The van der Waals surface area contributed by atoms with Gasteiger partial charge in [-0.3, -0.25) is 9.44 Å². The van der Waals surface area contributed by atoms with Gasteiger partial charge in [0.2, 0.25) is 0 Å². The molecular weight excluding hydrogens is 771 g/mol. The molecule has 0 aliphatic carbocycles. The first-order valence-electron chi connectivity index (χ1n) is 15.5. The summed E-state index contributed by atoms with van der Waals surface area (Å²) >= 11 is 1.05. The lowest BCUT2D eigenvalue weighted by atomic mass is 10.1. The first-order valence-corrected chi connectivity index (χ1v) is 19.2. The monoisotopic (exact) mass is 793 g/mol. The molecule has 0 fully saturated rings. The summed E-state index contributed by atoms with van der Waals surface area (Å²) in [6.45, 7) is -0.516. The van der Waals surface area contributed by atoms with Gasteiger partial charge < -0.3 is 14.7 Å². The molecule has 4 N–H and O–H groups in total. The normalized spacial score (nSPS) is 11.9. The summed E-state index contributed by atoms with van der Waals surface area (Å²) in [5, 5.41) is 11.2. The first-order chi connectivity index (χ1) is 25.9. The predicted molar refractivity (Wildman–Crippen MR) is 196 cm³/mol. The van der Waals surface area contributed by atoms with Crippen molar-refractivity contribution < 1.29 is 39.1 Å². The quantitative estimate of drug-likeness (QED) is 0.105. The standard InChI is InChI=1S/C18H12N4O2S2.C17H11F4N3O3S/c23-26(24,22-15-7-3-6-14-18(15)21-25-20-14)16-10-19-17-12-5-2-1-4-11(12)8-9-13(16)17;18-11-7-15(27-4-3-22)12(19)6-14(11)24-28(25,26)16-8-23-13-5-9(17(20)21)1-2-10(13)16/h1-10,19,22H;1-2,5-8,17,23-24H,4H2. The minimum absolute atomic E-state index is 0.103. The maximum Gasteiger partial charge on any atom is 0.264 e. The smallest absolute Gasteiger partial charge is 0.264 e. The second kappa shape index (κ2) is 14.3. The van der Waals surface area contributed by atoms with Gasteiger partial charge in [-0.2, -0.15) is 14.0 Å². The Morgan fingerprint density at radius 3 is 2.28 bits per heavy atom. The molecule has 0 radical (unpaired) electrons. The van der Waals surface area contributed by atoms with Gasteiger partial charge in [0.25, 0.3) is 26.5 Å². The van der Waals surface area contributed by atoms with Crippen LogP contribution in [0.25, 0.3) is 43.6 Å². The Hall–Kier alpha value is -6.23. The maximum absolute atomic E-state index is 14.1. The second-order valence-corrected chi connectivity index (χ2v) is 15.3. The van der Waals surface area contributed by atoms with Crippen LogP contribution in [0.1, 0.15) is 12.0 Å². The summed E-state index contributed by atoms with van der Waals surface area (Å²) in [7, 11) is -8.15. The topological polar surface area (TPSA) is 183 Å².